The monoisotopic (exact) mass is 296 g/mol. The third-order valence-corrected chi connectivity index (χ3v) is 3.33. The fourth-order valence-electron chi connectivity index (χ4n) is 1.68. The van der Waals surface area contributed by atoms with Crippen LogP contribution in [0.2, 0.25) is 5.02 Å². The van der Waals surface area contributed by atoms with Crippen LogP contribution < -0.4 is 10.9 Å². The molecule has 0 fully saturated rings. The maximum atomic E-state index is 12.1. The summed E-state index contributed by atoms with van der Waals surface area (Å²) in [6.45, 7) is 3.26. The Bertz CT molecular complexity index is 533. The van der Waals surface area contributed by atoms with E-state index < -0.39 is 0 Å². The van der Waals surface area contributed by atoms with Gasteiger partial charge in [-0.3, -0.25) is 4.79 Å². The van der Waals surface area contributed by atoms with Crippen LogP contribution in [0.4, 0.5) is 5.69 Å². The van der Waals surface area contributed by atoms with Crippen molar-refractivity contribution in [1.29, 1.82) is 0 Å². The number of likely N-dealkylation sites (N-methyl/N-ethyl adjacent to an activating group) is 1. The molecule has 0 bridgehead atoms. The number of hydrogen-bond donors (Lipinski definition) is 1. The van der Waals surface area contributed by atoms with Gasteiger partial charge < -0.3 is 10.2 Å². The van der Waals surface area contributed by atoms with E-state index in [-0.39, 0.29) is 16.6 Å². The molecule has 1 N–H and O–H groups in total. The molecule has 6 heteroatoms. The minimum atomic E-state index is -0.283. The van der Waals surface area contributed by atoms with Gasteiger partial charge in [-0.1, -0.05) is 18.5 Å². The summed E-state index contributed by atoms with van der Waals surface area (Å²) in [6.07, 6.45) is 8.32. The van der Waals surface area contributed by atoms with Crippen molar-refractivity contribution in [3.05, 3.63) is 21.6 Å². The minimum absolute atomic E-state index is 0.0938. The van der Waals surface area contributed by atoms with E-state index in [1.54, 1.807) is 6.20 Å². The van der Waals surface area contributed by atoms with Crippen molar-refractivity contribution in [2.45, 2.75) is 32.4 Å². The molecule has 0 aromatic carbocycles. The van der Waals surface area contributed by atoms with Gasteiger partial charge in [-0.2, -0.15) is 5.10 Å². The summed E-state index contributed by atoms with van der Waals surface area (Å²) < 4.78 is 1.37. The molecule has 0 spiro atoms. The average molecular weight is 297 g/mol. The van der Waals surface area contributed by atoms with E-state index in [0.29, 0.717) is 18.7 Å². The molecule has 1 heterocycles. The lowest BCUT2D eigenvalue weighted by Crippen LogP contribution is -2.30. The quantitative estimate of drug-likeness (QED) is 0.778. The summed E-state index contributed by atoms with van der Waals surface area (Å²) in [7, 11) is 3.88. The standard InChI is InChI=1S/C14H21ClN4O/c1-5-7-11(6-2)17-12-10-16-19(9-8-18(3)4)14(20)13(12)15/h1,10-11,17H,6-9H2,2-4H3. The lowest BCUT2D eigenvalue weighted by Gasteiger charge is -2.17. The molecule has 110 valence electrons. The predicted molar refractivity (Wildman–Crippen MR) is 83.2 cm³/mol. The summed E-state index contributed by atoms with van der Waals surface area (Å²) in [5, 5.41) is 7.47. The van der Waals surface area contributed by atoms with E-state index in [2.05, 4.69) is 16.3 Å². The van der Waals surface area contributed by atoms with E-state index in [9.17, 15) is 4.79 Å². The van der Waals surface area contributed by atoms with Crippen molar-refractivity contribution in [1.82, 2.24) is 14.7 Å². The number of anilines is 1. The Morgan fingerprint density at radius 1 is 1.60 bits per heavy atom. The Hall–Kier alpha value is -1.51. The van der Waals surface area contributed by atoms with Crippen molar-refractivity contribution in [2.75, 3.05) is 26.0 Å². The number of hydrogen-bond acceptors (Lipinski definition) is 4. The van der Waals surface area contributed by atoms with Gasteiger partial charge in [-0.05, 0) is 20.5 Å². The second-order valence-corrected chi connectivity index (χ2v) is 5.24. The molecule has 1 atom stereocenters. The molecule has 0 aliphatic carbocycles. The van der Waals surface area contributed by atoms with Gasteiger partial charge in [-0.15, -0.1) is 12.3 Å². The van der Waals surface area contributed by atoms with Crippen LogP contribution in [-0.4, -0.2) is 41.4 Å². The van der Waals surface area contributed by atoms with Gasteiger partial charge >= 0.3 is 0 Å². The maximum Gasteiger partial charge on any atom is 0.287 e. The summed E-state index contributed by atoms with van der Waals surface area (Å²) in [5.74, 6) is 2.60. The van der Waals surface area contributed by atoms with Crippen LogP contribution >= 0.6 is 11.6 Å². The maximum absolute atomic E-state index is 12.1. The smallest absolute Gasteiger partial charge is 0.287 e. The number of terminal acetylenes is 1. The fourth-order valence-corrected chi connectivity index (χ4v) is 1.88. The van der Waals surface area contributed by atoms with Crippen molar-refractivity contribution < 1.29 is 0 Å². The number of halogens is 1. The zero-order valence-corrected chi connectivity index (χ0v) is 12.9. The number of nitrogens with one attached hydrogen (secondary N) is 1. The van der Waals surface area contributed by atoms with Crippen LogP contribution in [0.5, 0.6) is 0 Å². The molecule has 5 nitrogen and oxygen atoms in total. The lowest BCUT2D eigenvalue weighted by molar-refractivity contribution is 0.367. The van der Waals surface area contributed by atoms with Crippen molar-refractivity contribution in [3.63, 3.8) is 0 Å². The fraction of sp³-hybridized carbons (Fsp3) is 0.571. The van der Waals surface area contributed by atoms with Crippen LogP contribution in [-0.2, 0) is 6.54 Å². The third kappa shape index (κ3) is 4.55. The molecular weight excluding hydrogens is 276 g/mol. The van der Waals surface area contributed by atoms with Crippen LogP contribution in [0.1, 0.15) is 19.8 Å². The zero-order valence-electron chi connectivity index (χ0n) is 12.2. The molecule has 0 amide bonds. The molecule has 1 rings (SSSR count). The van der Waals surface area contributed by atoms with E-state index in [1.807, 2.05) is 25.9 Å². The molecule has 20 heavy (non-hydrogen) atoms. The molecule has 1 aromatic heterocycles. The van der Waals surface area contributed by atoms with Crippen LogP contribution in [0, 0.1) is 12.3 Å². The highest BCUT2D eigenvalue weighted by Gasteiger charge is 2.12. The van der Waals surface area contributed by atoms with Gasteiger partial charge in [0.25, 0.3) is 5.56 Å². The Balaban J connectivity index is 2.89. The molecule has 0 saturated heterocycles. The van der Waals surface area contributed by atoms with Crippen molar-refractivity contribution in [2.24, 2.45) is 0 Å². The van der Waals surface area contributed by atoms with Gasteiger partial charge in [0.05, 0.1) is 18.4 Å². The van der Waals surface area contributed by atoms with E-state index >= 15 is 0 Å². The topological polar surface area (TPSA) is 50.2 Å². The number of nitrogens with zero attached hydrogens (tertiary/aromatic N) is 3. The largest absolute Gasteiger partial charge is 0.379 e. The van der Waals surface area contributed by atoms with Gasteiger partial charge in [0.15, 0.2) is 0 Å². The summed E-state index contributed by atoms with van der Waals surface area (Å²) >= 11 is 6.11. The first-order chi connectivity index (χ1) is 9.49. The molecule has 0 aliphatic rings. The Morgan fingerprint density at radius 3 is 2.85 bits per heavy atom. The van der Waals surface area contributed by atoms with Crippen molar-refractivity contribution >= 4 is 17.3 Å². The highest BCUT2D eigenvalue weighted by molar-refractivity contribution is 6.32. The SMILES string of the molecule is C#CCC(CC)Nc1cnn(CCN(C)C)c(=O)c1Cl. The minimum Gasteiger partial charge on any atom is -0.379 e. The Labute approximate surface area is 124 Å². The van der Waals surface area contributed by atoms with Gasteiger partial charge in [0.1, 0.15) is 5.02 Å². The van der Waals surface area contributed by atoms with E-state index in [1.165, 1.54) is 4.68 Å². The second kappa shape index (κ2) is 7.93. The van der Waals surface area contributed by atoms with E-state index in [4.69, 9.17) is 18.0 Å². The average Bonchev–Trinajstić information content (AvgIpc) is 2.42. The molecule has 1 aromatic rings. The first-order valence-electron chi connectivity index (χ1n) is 6.59. The third-order valence-electron chi connectivity index (χ3n) is 2.96. The first-order valence-corrected chi connectivity index (χ1v) is 6.97. The number of rotatable bonds is 7. The number of aromatic nitrogens is 2. The van der Waals surface area contributed by atoms with Crippen LogP contribution in [0.25, 0.3) is 0 Å². The predicted octanol–water partition coefficient (Wildman–Crippen LogP) is 1.67. The van der Waals surface area contributed by atoms with Crippen molar-refractivity contribution in [3.8, 4) is 12.3 Å². The molecule has 1 unspecified atom stereocenters. The lowest BCUT2D eigenvalue weighted by atomic mass is 10.1. The Morgan fingerprint density at radius 2 is 2.30 bits per heavy atom. The Kier molecular flexibility index (Phi) is 6.56. The highest BCUT2D eigenvalue weighted by Crippen LogP contribution is 2.18. The first kappa shape index (κ1) is 16.5. The molecular formula is C14H21ClN4O. The van der Waals surface area contributed by atoms with Gasteiger partial charge in [-0.25, -0.2) is 4.68 Å². The van der Waals surface area contributed by atoms with Crippen LogP contribution in [0.15, 0.2) is 11.0 Å². The molecule has 0 aliphatic heterocycles. The second-order valence-electron chi connectivity index (χ2n) is 4.86. The summed E-state index contributed by atoms with van der Waals surface area (Å²) in [4.78, 5) is 14.1. The zero-order chi connectivity index (χ0) is 15.1. The van der Waals surface area contributed by atoms with Crippen LogP contribution in [0.3, 0.4) is 0 Å². The summed E-state index contributed by atoms with van der Waals surface area (Å²) in [5.41, 5.74) is 0.258. The molecule has 0 saturated carbocycles. The van der Waals surface area contributed by atoms with Gasteiger partial charge in [0.2, 0.25) is 0 Å². The normalized spacial score (nSPS) is 12.2. The van der Waals surface area contributed by atoms with Gasteiger partial charge in [0, 0.05) is 19.0 Å². The molecule has 0 radical (unpaired) electrons. The van der Waals surface area contributed by atoms with E-state index in [0.717, 1.165) is 13.0 Å². The summed E-state index contributed by atoms with van der Waals surface area (Å²) in [6, 6.07) is 0.0938. The highest BCUT2D eigenvalue weighted by atomic mass is 35.5.